The zero-order valence-electron chi connectivity index (χ0n) is 13.0. The Hall–Kier alpha value is -1.80. The summed E-state index contributed by atoms with van der Waals surface area (Å²) in [5, 5.41) is 2.64. The lowest BCUT2D eigenvalue weighted by Crippen LogP contribution is -2.37. The number of nitrogens with one attached hydrogen (secondary N) is 2. The van der Waals surface area contributed by atoms with Crippen molar-refractivity contribution in [2.45, 2.75) is 24.7 Å². The first-order valence-corrected chi connectivity index (χ1v) is 8.41. The molecule has 0 heterocycles. The minimum absolute atomic E-state index is 0.0443. The van der Waals surface area contributed by atoms with Crippen molar-refractivity contribution in [1.82, 2.24) is 10.0 Å². The van der Waals surface area contributed by atoms with Crippen LogP contribution in [0.25, 0.3) is 0 Å². The van der Waals surface area contributed by atoms with Gasteiger partial charge in [0.2, 0.25) is 15.9 Å². The number of unbranched alkanes of at least 4 members (excludes halogenated alkanes) is 1. The van der Waals surface area contributed by atoms with E-state index >= 15 is 0 Å². The van der Waals surface area contributed by atoms with Gasteiger partial charge < -0.3 is 14.8 Å². The molecule has 0 spiro atoms. The van der Waals surface area contributed by atoms with Gasteiger partial charge in [-0.2, -0.15) is 0 Å². The number of hydrogen-bond donors (Lipinski definition) is 2. The molecule has 124 valence electrons. The molecular weight excluding hydrogens is 308 g/mol. The van der Waals surface area contributed by atoms with Gasteiger partial charge in [0.15, 0.2) is 0 Å². The van der Waals surface area contributed by atoms with E-state index in [0.717, 1.165) is 12.8 Å². The predicted molar refractivity (Wildman–Crippen MR) is 82.7 cm³/mol. The second-order valence-corrected chi connectivity index (χ2v) is 6.28. The van der Waals surface area contributed by atoms with Crippen molar-refractivity contribution in [2.75, 3.05) is 27.3 Å². The third kappa shape index (κ3) is 5.19. The van der Waals surface area contributed by atoms with Gasteiger partial charge in [-0.3, -0.25) is 4.79 Å². The molecule has 0 aliphatic heterocycles. The Morgan fingerprint density at radius 1 is 1.23 bits per heavy atom. The minimum Gasteiger partial charge on any atom is -0.497 e. The molecule has 0 radical (unpaired) electrons. The van der Waals surface area contributed by atoms with Crippen molar-refractivity contribution in [3.05, 3.63) is 18.2 Å². The number of hydrogen-bond acceptors (Lipinski definition) is 5. The van der Waals surface area contributed by atoms with Crippen LogP contribution in [0.1, 0.15) is 19.8 Å². The molecule has 0 bridgehead atoms. The van der Waals surface area contributed by atoms with Crippen molar-refractivity contribution in [2.24, 2.45) is 0 Å². The maximum atomic E-state index is 12.2. The van der Waals surface area contributed by atoms with Crippen LogP contribution in [0.15, 0.2) is 23.1 Å². The highest BCUT2D eigenvalue weighted by atomic mass is 32.2. The van der Waals surface area contributed by atoms with Gasteiger partial charge in [0.05, 0.1) is 20.8 Å². The van der Waals surface area contributed by atoms with Crippen molar-refractivity contribution in [1.29, 1.82) is 0 Å². The van der Waals surface area contributed by atoms with Gasteiger partial charge in [0.1, 0.15) is 16.4 Å². The second kappa shape index (κ2) is 8.60. The first-order valence-electron chi connectivity index (χ1n) is 6.93. The quantitative estimate of drug-likeness (QED) is 0.656. The van der Waals surface area contributed by atoms with E-state index in [1.165, 1.54) is 32.4 Å². The third-order valence-electron chi connectivity index (χ3n) is 2.94. The molecule has 0 atom stereocenters. The molecule has 0 unspecified atom stereocenters. The highest BCUT2D eigenvalue weighted by Gasteiger charge is 2.20. The molecule has 0 aliphatic carbocycles. The van der Waals surface area contributed by atoms with E-state index in [-0.39, 0.29) is 23.1 Å². The maximum Gasteiger partial charge on any atom is 0.244 e. The summed E-state index contributed by atoms with van der Waals surface area (Å²) in [6.07, 6.45) is 1.81. The Balaban J connectivity index is 2.76. The minimum atomic E-state index is -3.85. The van der Waals surface area contributed by atoms with E-state index in [1.54, 1.807) is 0 Å². The number of rotatable bonds is 9. The van der Waals surface area contributed by atoms with Gasteiger partial charge in [0, 0.05) is 12.6 Å². The smallest absolute Gasteiger partial charge is 0.244 e. The first-order chi connectivity index (χ1) is 10.4. The Morgan fingerprint density at radius 2 is 1.95 bits per heavy atom. The highest BCUT2D eigenvalue weighted by Crippen LogP contribution is 2.27. The monoisotopic (exact) mass is 330 g/mol. The van der Waals surface area contributed by atoms with Gasteiger partial charge in [0.25, 0.3) is 0 Å². The van der Waals surface area contributed by atoms with Crippen LogP contribution in [0.2, 0.25) is 0 Å². The summed E-state index contributed by atoms with van der Waals surface area (Å²) < 4.78 is 36.8. The zero-order chi connectivity index (χ0) is 16.6. The Bertz CT molecular complexity index is 601. The Kier molecular flexibility index (Phi) is 7.13. The summed E-state index contributed by atoms with van der Waals surface area (Å²) in [5.41, 5.74) is 0. The van der Waals surface area contributed by atoms with Crippen LogP contribution < -0.4 is 19.5 Å². The lowest BCUT2D eigenvalue weighted by atomic mass is 10.3. The molecule has 1 aromatic carbocycles. The number of carbonyl (C=O) groups excluding carboxylic acids is 1. The Labute approximate surface area is 131 Å². The van der Waals surface area contributed by atoms with E-state index in [9.17, 15) is 13.2 Å². The molecule has 2 N–H and O–H groups in total. The number of benzene rings is 1. The SMILES string of the molecule is CCCCNC(=O)CNS(=O)(=O)c1ccc(OC)cc1OC. The molecule has 1 aromatic rings. The molecule has 0 aliphatic rings. The largest absolute Gasteiger partial charge is 0.497 e. The molecule has 0 fully saturated rings. The molecule has 7 nitrogen and oxygen atoms in total. The van der Waals surface area contributed by atoms with Gasteiger partial charge in [-0.25, -0.2) is 13.1 Å². The summed E-state index contributed by atoms with van der Waals surface area (Å²) in [6, 6.07) is 4.35. The summed E-state index contributed by atoms with van der Waals surface area (Å²) in [5.74, 6) is 0.260. The van der Waals surface area contributed by atoms with Crippen LogP contribution in [-0.2, 0) is 14.8 Å². The summed E-state index contributed by atoms with van der Waals surface area (Å²) >= 11 is 0. The Morgan fingerprint density at radius 3 is 2.55 bits per heavy atom. The van der Waals surface area contributed by atoms with Crippen molar-refractivity contribution < 1.29 is 22.7 Å². The van der Waals surface area contributed by atoms with Crippen LogP contribution in [0.5, 0.6) is 11.5 Å². The van der Waals surface area contributed by atoms with Crippen LogP contribution in [-0.4, -0.2) is 41.6 Å². The highest BCUT2D eigenvalue weighted by molar-refractivity contribution is 7.89. The number of sulfonamides is 1. The lowest BCUT2D eigenvalue weighted by Gasteiger charge is -2.12. The molecule has 0 saturated heterocycles. The van der Waals surface area contributed by atoms with Crippen LogP contribution in [0, 0.1) is 0 Å². The average Bonchev–Trinajstić information content (AvgIpc) is 2.52. The van der Waals surface area contributed by atoms with E-state index in [4.69, 9.17) is 9.47 Å². The molecule has 22 heavy (non-hydrogen) atoms. The molecule has 1 rings (SSSR count). The van der Waals surface area contributed by atoms with E-state index in [0.29, 0.717) is 12.3 Å². The fraction of sp³-hybridized carbons (Fsp3) is 0.500. The zero-order valence-corrected chi connectivity index (χ0v) is 13.8. The van der Waals surface area contributed by atoms with Gasteiger partial charge >= 0.3 is 0 Å². The standard InChI is InChI=1S/C14H22N2O5S/c1-4-5-8-15-14(17)10-16-22(18,19)13-7-6-11(20-2)9-12(13)21-3/h6-7,9,16H,4-5,8,10H2,1-3H3,(H,15,17). The van der Waals surface area contributed by atoms with E-state index in [1.807, 2.05) is 6.92 Å². The number of carbonyl (C=O) groups is 1. The lowest BCUT2D eigenvalue weighted by molar-refractivity contribution is -0.119. The van der Waals surface area contributed by atoms with Gasteiger partial charge in [-0.15, -0.1) is 0 Å². The topological polar surface area (TPSA) is 93.7 Å². The van der Waals surface area contributed by atoms with Gasteiger partial charge in [-0.1, -0.05) is 13.3 Å². The van der Waals surface area contributed by atoms with Crippen LogP contribution in [0.3, 0.4) is 0 Å². The predicted octanol–water partition coefficient (Wildman–Crippen LogP) is 0.898. The molecular formula is C14H22N2O5S. The fourth-order valence-electron chi connectivity index (χ4n) is 1.70. The normalized spacial score (nSPS) is 11.0. The van der Waals surface area contributed by atoms with Crippen molar-refractivity contribution in [3.8, 4) is 11.5 Å². The van der Waals surface area contributed by atoms with Crippen molar-refractivity contribution >= 4 is 15.9 Å². The van der Waals surface area contributed by atoms with E-state index in [2.05, 4.69) is 10.0 Å². The molecule has 0 aromatic heterocycles. The number of amides is 1. The first kappa shape index (κ1) is 18.2. The van der Waals surface area contributed by atoms with E-state index < -0.39 is 10.0 Å². The van der Waals surface area contributed by atoms with Crippen LogP contribution >= 0.6 is 0 Å². The maximum absolute atomic E-state index is 12.2. The summed E-state index contributed by atoms with van der Waals surface area (Å²) in [6.45, 7) is 2.22. The average molecular weight is 330 g/mol. The number of methoxy groups -OCH3 is 2. The van der Waals surface area contributed by atoms with Crippen LogP contribution in [0.4, 0.5) is 0 Å². The van der Waals surface area contributed by atoms with Gasteiger partial charge in [-0.05, 0) is 18.6 Å². The summed E-state index contributed by atoms with van der Waals surface area (Å²) in [7, 11) is -1.00. The molecule has 8 heteroatoms. The third-order valence-corrected chi connectivity index (χ3v) is 4.38. The molecule has 0 saturated carbocycles. The fourth-order valence-corrected chi connectivity index (χ4v) is 2.83. The molecule has 1 amide bonds. The number of ether oxygens (including phenoxy) is 2. The van der Waals surface area contributed by atoms with Crippen molar-refractivity contribution in [3.63, 3.8) is 0 Å². The second-order valence-electron chi connectivity index (χ2n) is 4.54. The summed E-state index contributed by atoms with van der Waals surface area (Å²) in [4.78, 5) is 11.5.